The predicted octanol–water partition coefficient (Wildman–Crippen LogP) is 2.17. The van der Waals surface area contributed by atoms with Crippen LogP contribution in [0.15, 0.2) is 33.6 Å². The fourth-order valence-electron chi connectivity index (χ4n) is 1.08. The summed E-state index contributed by atoms with van der Waals surface area (Å²) in [5.41, 5.74) is 0. The summed E-state index contributed by atoms with van der Waals surface area (Å²) in [5, 5.41) is 3.04. The Hall–Kier alpha value is -0.190. The third-order valence-electron chi connectivity index (χ3n) is 1.83. The van der Waals surface area contributed by atoms with E-state index in [-0.39, 0.29) is 0 Å². The molecule has 0 aliphatic carbocycles. The van der Waals surface area contributed by atoms with Crippen molar-refractivity contribution in [2.24, 2.45) is 0 Å². The van der Waals surface area contributed by atoms with Crippen molar-refractivity contribution >= 4 is 26.7 Å². The van der Waals surface area contributed by atoms with E-state index in [1.807, 2.05) is 31.3 Å². The smallest absolute Gasteiger partial charge is 0.0529 e. The van der Waals surface area contributed by atoms with Crippen molar-refractivity contribution in [2.75, 3.05) is 19.3 Å². The van der Waals surface area contributed by atoms with Crippen LogP contribution < -0.4 is 5.32 Å². The molecule has 0 fully saturated rings. The van der Waals surface area contributed by atoms with E-state index in [1.54, 1.807) is 0 Å². The van der Waals surface area contributed by atoms with E-state index in [4.69, 9.17) is 0 Å². The number of nitrogens with one attached hydrogen (secondary N) is 1. The van der Waals surface area contributed by atoms with Gasteiger partial charge in [-0.2, -0.15) is 0 Å². The SMILES string of the molecule is CNCCCS(=O)c1ccc(Br)cc1. The van der Waals surface area contributed by atoms with Gasteiger partial charge in [-0.15, -0.1) is 0 Å². The maximum absolute atomic E-state index is 11.7. The molecule has 1 rings (SSSR count). The van der Waals surface area contributed by atoms with Gasteiger partial charge < -0.3 is 5.32 Å². The van der Waals surface area contributed by atoms with Crippen LogP contribution in [0.2, 0.25) is 0 Å². The summed E-state index contributed by atoms with van der Waals surface area (Å²) in [6.07, 6.45) is 0.944. The second-order valence-corrected chi connectivity index (χ2v) is 5.45. The molecule has 14 heavy (non-hydrogen) atoms. The van der Waals surface area contributed by atoms with Gasteiger partial charge in [0, 0.05) is 15.1 Å². The van der Waals surface area contributed by atoms with Crippen molar-refractivity contribution in [1.82, 2.24) is 5.32 Å². The molecule has 0 saturated heterocycles. The van der Waals surface area contributed by atoms with Crippen molar-refractivity contribution < 1.29 is 4.21 Å². The van der Waals surface area contributed by atoms with E-state index in [0.717, 1.165) is 28.1 Å². The van der Waals surface area contributed by atoms with E-state index in [0.29, 0.717) is 0 Å². The lowest BCUT2D eigenvalue weighted by molar-refractivity contribution is 0.677. The molecule has 1 aromatic carbocycles. The molecule has 1 N–H and O–H groups in total. The van der Waals surface area contributed by atoms with Crippen molar-refractivity contribution in [2.45, 2.75) is 11.3 Å². The lowest BCUT2D eigenvalue weighted by Crippen LogP contribution is -2.11. The van der Waals surface area contributed by atoms with Crippen LogP contribution >= 0.6 is 15.9 Å². The molecule has 1 unspecified atom stereocenters. The minimum atomic E-state index is -0.854. The standard InChI is InChI=1S/C10H14BrNOS/c1-12-7-2-8-14(13)10-5-3-9(11)4-6-10/h3-6,12H,2,7-8H2,1H3. The van der Waals surface area contributed by atoms with E-state index in [2.05, 4.69) is 21.2 Å². The van der Waals surface area contributed by atoms with Crippen LogP contribution in [-0.2, 0) is 10.8 Å². The van der Waals surface area contributed by atoms with Crippen molar-refractivity contribution in [3.63, 3.8) is 0 Å². The molecular weight excluding hydrogens is 262 g/mol. The zero-order chi connectivity index (χ0) is 10.4. The summed E-state index contributed by atoms with van der Waals surface area (Å²) in [4.78, 5) is 0.907. The minimum absolute atomic E-state index is 0.725. The van der Waals surface area contributed by atoms with Gasteiger partial charge in [0.25, 0.3) is 0 Å². The second kappa shape index (κ2) is 6.32. The van der Waals surface area contributed by atoms with Crippen molar-refractivity contribution in [3.8, 4) is 0 Å². The molecule has 78 valence electrons. The first kappa shape index (κ1) is 11.9. The van der Waals surface area contributed by atoms with Crippen LogP contribution in [0.25, 0.3) is 0 Å². The second-order valence-electron chi connectivity index (χ2n) is 2.96. The zero-order valence-electron chi connectivity index (χ0n) is 8.13. The molecule has 1 aromatic rings. The molecule has 0 amide bonds. The van der Waals surface area contributed by atoms with Gasteiger partial charge in [0.15, 0.2) is 0 Å². The molecule has 4 heteroatoms. The third-order valence-corrected chi connectivity index (χ3v) is 3.82. The first-order valence-corrected chi connectivity index (χ1v) is 6.64. The normalized spacial score (nSPS) is 12.7. The maximum atomic E-state index is 11.7. The van der Waals surface area contributed by atoms with Gasteiger partial charge in [-0.05, 0) is 44.3 Å². The Kier molecular flexibility index (Phi) is 5.37. The van der Waals surface area contributed by atoms with Crippen LogP contribution in [0.5, 0.6) is 0 Å². The highest BCUT2D eigenvalue weighted by molar-refractivity contribution is 9.10. The van der Waals surface area contributed by atoms with Crippen LogP contribution in [0, 0.1) is 0 Å². The molecule has 0 aliphatic rings. The monoisotopic (exact) mass is 275 g/mol. The number of hydrogen-bond donors (Lipinski definition) is 1. The topological polar surface area (TPSA) is 29.1 Å². The van der Waals surface area contributed by atoms with Gasteiger partial charge in [0.1, 0.15) is 0 Å². The Morgan fingerprint density at radius 3 is 2.57 bits per heavy atom. The molecule has 0 bridgehead atoms. The van der Waals surface area contributed by atoms with E-state index >= 15 is 0 Å². The summed E-state index contributed by atoms with van der Waals surface area (Å²) in [6, 6.07) is 7.65. The summed E-state index contributed by atoms with van der Waals surface area (Å²) in [6.45, 7) is 0.919. The summed E-state index contributed by atoms with van der Waals surface area (Å²) < 4.78 is 12.7. The lowest BCUT2D eigenvalue weighted by Gasteiger charge is -2.02. The molecule has 0 saturated carbocycles. The first-order valence-electron chi connectivity index (χ1n) is 4.52. The average Bonchev–Trinajstić information content (AvgIpc) is 2.19. The first-order chi connectivity index (χ1) is 6.74. The van der Waals surface area contributed by atoms with Crippen LogP contribution in [0.1, 0.15) is 6.42 Å². The van der Waals surface area contributed by atoms with E-state index in [1.165, 1.54) is 0 Å². The van der Waals surface area contributed by atoms with Crippen molar-refractivity contribution in [1.29, 1.82) is 0 Å². The van der Waals surface area contributed by atoms with Crippen LogP contribution in [0.3, 0.4) is 0 Å². The Morgan fingerprint density at radius 1 is 1.36 bits per heavy atom. The quantitative estimate of drug-likeness (QED) is 0.835. The molecular formula is C10H14BrNOS. The maximum Gasteiger partial charge on any atom is 0.0529 e. The Balaban J connectivity index is 2.48. The number of halogens is 1. The largest absolute Gasteiger partial charge is 0.320 e. The van der Waals surface area contributed by atoms with Crippen LogP contribution in [-0.4, -0.2) is 23.6 Å². The summed E-state index contributed by atoms with van der Waals surface area (Å²) >= 11 is 3.35. The van der Waals surface area contributed by atoms with Gasteiger partial charge in [-0.3, -0.25) is 4.21 Å². The number of rotatable bonds is 5. The predicted molar refractivity (Wildman–Crippen MR) is 64.0 cm³/mol. The molecule has 2 nitrogen and oxygen atoms in total. The summed E-state index contributed by atoms with van der Waals surface area (Å²) in [7, 11) is 1.05. The van der Waals surface area contributed by atoms with Crippen molar-refractivity contribution in [3.05, 3.63) is 28.7 Å². The summed E-state index contributed by atoms with van der Waals surface area (Å²) in [5.74, 6) is 0.725. The number of hydrogen-bond acceptors (Lipinski definition) is 2. The molecule has 0 radical (unpaired) electrons. The average molecular weight is 276 g/mol. The van der Waals surface area contributed by atoms with Crippen LogP contribution in [0.4, 0.5) is 0 Å². The Labute approximate surface area is 95.7 Å². The highest BCUT2D eigenvalue weighted by Gasteiger charge is 2.02. The molecule has 0 heterocycles. The van der Waals surface area contributed by atoms with E-state index < -0.39 is 10.8 Å². The highest BCUT2D eigenvalue weighted by Crippen LogP contribution is 2.13. The van der Waals surface area contributed by atoms with E-state index in [9.17, 15) is 4.21 Å². The molecule has 0 aromatic heterocycles. The lowest BCUT2D eigenvalue weighted by atomic mass is 10.4. The Morgan fingerprint density at radius 2 is 2.00 bits per heavy atom. The molecule has 1 atom stereocenters. The van der Waals surface area contributed by atoms with Gasteiger partial charge in [-0.1, -0.05) is 15.9 Å². The van der Waals surface area contributed by atoms with Gasteiger partial charge >= 0.3 is 0 Å². The Bertz CT molecular complexity index is 299. The van der Waals surface area contributed by atoms with Gasteiger partial charge in [0.05, 0.1) is 10.8 Å². The minimum Gasteiger partial charge on any atom is -0.320 e. The van der Waals surface area contributed by atoms with Gasteiger partial charge in [-0.25, -0.2) is 0 Å². The zero-order valence-corrected chi connectivity index (χ0v) is 10.5. The highest BCUT2D eigenvalue weighted by atomic mass is 79.9. The fourth-order valence-corrected chi connectivity index (χ4v) is 2.43. The fraction of sp³-hybridized carbons (Fsp3) is 0.400. The molecule has 0 aliphatic heterocycles. The molecule has 0 spiro atoms. The third kappa shape index (κ3) is 3.90. The van der Waals surface area contributed by atoms with Gasteiger partial charge in [0.2, 0.25) is 0 Å². The number of benzene rings is 1.